The van der Waals surface area contributed by atoms with Crippen molar-refractivity contribution in [3.05, 3.63) is 33.5 Å². The van der Waals surface area contributed by atoms with E-state index in [0.717, 1.165) is 6.42 Å². The number of pyridine rings is 1. The van der Waals surface area contributed by atoms with Crippen LogP contribution in [0.4, 0.5) is 0 Å². The van der Waals surface area contributed by atoms with Crippen LogP contribution in [0.1, 0.15) is 20.3 Å². The van der Waals surface area contributed by atoms with Gasteiger partial charge in [0.15, 0.2) is 10.6 Å². The molecule has 0 aliphatic carbocycles. The number of hydrogen-bond donors (Lipinski definition) is 1. The average molecular weight is 264 g/mol. The first-order valence-electron chi connectivity index (χ1n) is 6.04. The quantitative estimate of drug-likeness (QED) is 0.861. The second-order valence-electron chi connectivity index (χ2n) is 4.02. The molecule has 2 aromatic rings. The van der Waals surface area contributed by atoms with Gasteiger partial charge in [-0.1, -0.05) is 6.92 Å². The number of aromatic amines is 1. The molecule has 96 valence electrons. The Kier molecular flexibility index (Phi) is 3.76. The van der Waals surface area contributed by atoms with Gasteiger partial charge in [0.05, 0.1) is 5.56 Å². The summed E-state index contributed by atoms with van der Waals surface area (Å²) in [6.07, 6.45) is 2.72. The molecule has 5 nitrogen and oxygen atoms in total. The summed E-state index contributed by atoms with van der Waals surface area (Å²) in [6.45, 7) is 5.42. The molecule has 0 saturated carbocycles. The maximum Gasteiger partial charge on any atom is 0.261 e. The Labute approximate surface area is 110 Å². The van der Waals surface area contributed by atoms with Crippen molar-refractivity contribution in [2.45, 2.75) is 33.4 Å². The molecule has 0 saturated heterocycles. The van der Waals surface area contributed by atoms with Gasteiger partial charge in [0.25, 0.3) is 5.56 Å². The molecule has 0 aliphatic heterocycles. The van der Waals surface area contributed by atoms with E-state index in [0.29, 0.717) is 29.2 Å². The highest BCUT2D eigenvalue weighted by Gasteiger charge is 2.12. The number of rotatable bonds is 4. The predicted octanol–water partition coefficient (Wildman–Crippen LogP) is 2.20. The summed E-state index contributed by atoms with van der Waals surface area (Å²) in [7, 11) is 0. The van der Waals surface area contributed by atoms with Gasteiger partial charge in [-0.25, -0.2) is 0 Å². The highest BCUT2D eigenvalue weighted by atomic mass is 32.1. The first-order valence-corrected chi connectivity index (χ1v) is 6.44. The van der Waals surface area contributed by atoms with Crippen LogP contribution >= 0.6 is 12.2 Å². The van der Waals surface area contributed by atoms with Crippen LogP contribution in [0.2, 0.25) is 0 Å². The minimum Gasteiger partial charge on any atom is -0.315 e. The van der Waals surface area contributed by atoms with E-state index in [4.69, 9.17) is 12.2 Å². The normalized spacial score (nSPS) is 10.8. The van der Waals surface area contributed by atoms with Gasteiger partial charge >= 0.3 is 0 Å². The molecule has 0 amide bonds. The van der Waals surface area contributed by atoms with Crippen molar-refractivity contribution in [1.29, 1.82) is 0 Å². The van der Waals surface area contributed by atoms with E-state index in [9.17, 15) is 4.79 Å². The van der Waals surface area contributed by atoms with E-state index in [-0.39, 0.29) is 5.56 Å². The van der Waals surface area contributed by atoms with Crippen LogP contribution in [0.15, 0.2) is 23.1 Å². The fraction of sp³-hybridized carbons (Fsp3) is 0.417. The van der Waals surface area contributed by atoms with Gasteiger partial charge in [-0.05, 0) is 37.7 Å². The molecule has 0 spiro atoms. The first kappa shape index (κ1) is 12.8. The van der Waals surface area contributed by atoms with Gasteiger partial charge in [0.1, 0.15) is 0 Å². The van der Waals surface area contributed by atoms with Crippen LogP contribution < -0.4 is 5.56 Å². The zero-order valence-corrected chi connectivity index (χ0v) is 11.3. The van der Waals surface area contributed by atoms with Gasteiger partial charge < -0.3 is 9.13 Å². The summed E-state index contributed by atoms with van der Waals surface area (Å²) in [5.41, 5.74) is 0.559. The molecule has 0 fully saturated rings. The van der Waals surface area contributed by atoms with Crippen molar-refractivity contribution in [3.63, 3.8) is 0 Å². The van der Waals surface area contributed by atoms with Crippen molar-refractivity contribution < 1.29 is 0 Å². The fourth-order valence-electron chi connectivity index (χ4n) is 1.94. The Balaban J connectivity index is 2.61. The maximum atomic E-state index is 12.3. The molecule has 1 N–H and O–H groups in total. The largest absolute Gasteiger partial charge is 0.315 e. The molecule has 2 aromatic heterocycles. The third kappa shape index (κ3) is 2.15. The highest BCUT2D eigenvalue weighted by Crippen LogP contribution is 2.12. The van der Waals surface area contributed by atoms with Gasteiger partial charge in [0, 0.05) is 19.3 Å². The lowest BCUT2D eigenvalue weighted by Crippen LogP contribution is -2.21. The van der Waals surface area contributed by atoms with Crippen molar-refractivity contribution in [1.82, 2.24) is 19.3 Å². The number of nitrogens with one attached hydrogen (secondary N) is 1. The molecular weight excluding hydrogens is 248 g/mol. The Bertz CT molecular complexity index is 653. The second kappa shape index (κ2) is 5.30. The van der Waals surface area contributed by atoms with E-state index in [1.807, 2.05) is 24.5 Å². The SMILES string of the molecule is CCCn1cccc(-c2n[nH]c(=S)n2CC)c1=O. The Morgan fingerprint density at radius 2 is 2.22 bits per heavy atom. The number of aryl methyl sites for hydroxylation is 1. The minimum atomic E-state index is -0.0250. The summed E-state index contributed by atoms with van der Waals surface area (Å²) in [6, 6.07) is 3.65. The zero-order chi connectivity index (χ0) is 13.1. The van der Waals surface area contributed by atoms with Gasteiger partial charge in [0.2, 0.25) is 0 Å². The monoisotopic (exact) mass is 264 g/mol. The lowest BCUT2D eigenvalue weighted by molar-refractivity contribution is 0.653. The van der Waals surface area contributed by atoms with Crippen LogP contribution in [-0.2, 0) is 13.1 Å². The third-order valence-electron chi connectivity index (χ3n) is 2.80. The third-order valence-corrected chi connectivity index (χ3v) is 3.11. The minimum absolute atomic E-state index is 0.0250. The molecule has 6 heteroatoms. The van der Waals surface area contributed by atoms with E-state index in [2.05, 4.69) is 10.2 Å². The van der Waals surface area contributed by atoms with Crippen LogP contribution in [-0.4, -0.2) is 19.3 Å². The van der Waals surface area contributed by atoms with Crippen LogP contribution in [0.3, 0.4) is 0 Å². The van der Waals surface area contributed by atoms with Crippen molar-refractivity contribution in [2.75, 3.05) is 0 Å². The molecular formula is C12H16N4OS. The lowest BCUT2D eigenvalue weighted by atomic mass is 10.2. The highest BCUT2D eigenvalue weighted by molar-refractivity contribution is 7.71. The van der Waals surface area contributed by atoms with Gasteiger partial charge in [-0.2, -0.15) is 5.10 Å². The smallest absolute Gasteiger partial charge is 0.261 e. The fourth-order valence-corrected chi connectivity index (χ4v) is 2.20. The van der Waals surface area contributed by atoms with Crippen molar-refractivity contribution >= 4 is 12.2 Å². The van der Waals surface area contributed by atoms with Crippen molar-refractivity contribution in [2.24, 2.45) is 0 Å². The zero-order valence-electron chi connectivity index (χ0n) is 10.5. The van der Waals surface area contributed by atoms with Crippen LogP contribution in [0.5, 0.6) is 0 Å². The van der Waals surface area contributed by atoms with E-state index < -0.39 is 0 Å². The molecule has 0 radical (unpaired) electrons. The molecule has 0 bridgehead atoms. The van der Waals surface area contributed by atoms with E-state index in [1.165, 1.54) is 0 Å². The summed E-state index contributed by atoms with van der Waals surface area (Å²) < 4.78 is 4.06. The molecule has 18 heavy (non-hydrogen) atoms. The number of hydrogen-bond acceptors (Lipinski definition) is 3. The number of aromatic nitrogens is 4. The van der Waals surface area contributed by atoms with Crippen molar-refractivity contribution in [3.8, 4) is 11.4 Å². The molecule has 2 rings (SSSR count). The lowest BCUT2D eigenvalue weighted by Gasteiger charge is -2.07. The maximum absolute atomic E-state index is 12.3. The first-order chi connectivity index (χ1) is 8.69. The Morgan fingerprint density at radius 1 is 1.44 bits per heavy atom. The average Bonchev–Trinajstić information content (AvgIpc) is 2.73. The standard InChI is InChI=1S/C12H16N4OS/c1-3-7-15-8-5-6-9(11(15)17)10-13-14-12(18)16(10)4-2/h5-6,8H,3-4,7H2,1-2H3,(H,14,18). The summed E-state index contributed by atoms with van der Waals surface area (Å²) in [5.74, 6) is 0.609. The van der Waals surface area contributed by atoms with Gasteiger partial charge in [-0.3, -0.25) is 9.89 Å². The summed E-state index contributed by atoms with van der Waals surface area (Å²) >= 11 is 5.14. The van der Waals surface area contributed by atoms with Gasteiger partial charge in [-0.15, -0.1) is 0 Å². The Hall–Kier alpha value is -1.69. The molecule has 0 aliphatic rings. The number of H-pyrrole nitrogens is 1. The topological polar surface area (TPSA) is 55.6 Å². The number of nitrogens with zero attached hydrogens (tertiary/aromatic N) is 3. The second-order valence-corrected chi connectivity index (χ2v) is 4.40. The summed E-state index contributed by atoms with van der Waals surface area (Å²) in [5, 5.41) is 6.88. The van der Waals surface area contributed by atoms with Crippen LogP contribution in [0.25, 0.3) is 11.4 Å². The Morgan fingerprint density at radius 3 is 2.89 bits per heavy atom. The molecule has 0 unspecified atom stereocenters. The molecule has 0 aromatic carbocycles. The van der Waals surface area contributed by atoms with E-state index >= 15 is 0 Å². The van der Waals surface area contributed by atoms with E-state index in [1.54, 1.807) is 16.8 Å². The summed E-state index contributed by atoms with van der Waals surface area (Å²) in [4.78, 5) is 12.3. The molecule has 2 heterocycles. The predicted molar refractivity (Wildman–Crippen MR) is 73.1 cm³/mol. The van der Waals surface area contributed by atoms with Crippen LogP contribution in [0, 0.1) is 4.77 Å². The molecule has 0 atom stereocenters.